The summed E-state index contributed by atoms with van der Waals surface area (Å²) in [6.45, 7) is 2.18. The smallest absolute Gasteiger partial charge is 0.123 e. The van der Waals surface area contributed by atoms with Gasteiger partial charge in [0.15, 0.2) is 0 Å². The first-order valence-corrected chi connectivity index (χ1v) is 7.01. The van der Waals surface area contributed by atoms with Crippen molar-refractivity contribution in [3.05, 3.63) is 54.0 Å². The summed E-state index contributed by atoms with van der Waals surface area (Å²) in [5.41, 5.74) is 1.13. The molecular formula is C18H20O2. The molecule has 1 aromatic carbocycles. The molecule has 0 bridgehead atoms. The van der Waals surface area contributed by atoms with Gasteiger partial charge in [0.2, 0.25) is 0 Å². The summed E-state index contributed by atoms with van der Waals surface area (Å²) < 4.78 is 10.7. The average molecular weight is 268 g/mol. The number of rotatable bonds is 5. The molecule has 0 aliphatic rings. The molecule has 0 aliphatic heterocycles. The van der Waals surface area contributed by atoms with Crippen molar-refractivity contribution in [3.63, 3.8) is 0 Å². The van der Waals surface area contributed by atoms with Crippen LogP contribution in [0.1, 0.15) is 43.4 Å². The molecule has 104 valence electrons. The molecule has 0 saturated heterocycles. The van der Waals surface area contributed by atoms with Crippen molar-refractivity contribution in [3.8, 4) is 17.6 Å². The topological polar surface area (TPSA) is 22.4 Å². The Hall–Kier alpha value is -2.14. The van der Waals surface area contributed by atoms with E-state index in [0.717, 1.165) is 29.9 Å². The molecule has 1 unspecified atom stereocenters. The lowest BCUT2D eigenvalue weighted by atomic mass is 9.96. The van der Waals surface area contributed by atoms with Crippen molar-refractivity contribution in [1.29, 1.82) is 0 Å². The van der Waals surface area contributed by atoms with E-state index >= 15 is 0 Å². The van der Waals surface area contributed by atoms with E-state index in [2.05, 4.69) is 18.8 Å². The number of methoxy groups -OCH3 is 1. The Morgan fingerprint density at radius 1 is 1.20 bits per heavy atom. The lowest BCUT2D eigenvalue weighted by Gasteiger charge is -2.09. The standard InChI is InChI=1S/C18H20O2/c1-3-4-5-6-8-17(18-9-7-14-20-18)15-10-12-16(19-2)13-11-15/h7,9-14,17H,3-5H2,1-2H3. The van der Waals surface area contributed by atoms with Gasteiger partial charge in [-0.1, -0.05) is 31.4 Å². The normalized spacial score (nSPS) is 11.5. The zero-order valence-electron chi connectivity index (χ0n) is 12.1. The second kappa shape index (κ2) is 7.45. The van der Waals surface area contributed by atoms with Gasteiger partial charge in [-0.05, 0) is 36.2 Å². The molecule has 1 atom stereocenters. The van der Waals surface area contributed by atoms with E-state index in [1.165, 1.54) is 6.42 Å². The SMILES string of the molecule is CCCCC#CC(c1ccc(OC)cc1)c1ccco1. The van der Waals surface area contributed by atoms with Gasteiger partial charge < -0.3 is 9.15 Å². The van der Waals surface area contributed by atoms with E-state index in [0.29, 0.717) is 0 Å². The van der Waals surface area contributed by atoms with E-state index in [9.17, 15) is 0 Å². The molecule has 0 N–H and O–H groups in total. The highest BCUT2D eigenvalue weighted by Gasteiger charge is 2.14. The summed E-state index contributed by atoms with van der Waals surface area (Å²) in [6, 6.07) is 11.9. The second-order valence-electron chi connectivity index (χ2n) is 4.65. The van der Waals surface area contributed by atoms with Gasteiger partial charge in [-0.2, -0.15) is 0 Å². The van der Waals surface area contributed by atoms with E-state index in [-0.39, 0.29) is 5.92 Å². The van der Waals surface area contributed by atoms with Crippen LogP contribution in [0.25, 0.3) is 0 Å². The van der Waals surface area contributed by atoms with E-state index < -0.39 is 0 Å². The van der Waals surface area contributed by atoms with Gasteiger partial charge in [0.05, 0.1) is 13.4 Å². The van der Waals surface area contributed by atoms with Gasteiger partial charge in [-0.3, -0.25) is 0 Å². The first kappa shape index (κ1) is 14.3. The predicted molar refractivity (Wildman–Crippen MR) is 80.8 cm³/mol. The number of ether oxygens (including phenoxy) is 1. The largest absolute Gasteiger partial charge is 0.497 e. The lowest BCUT2D eigenvalue weighted by Crippen LogP contribution is -1.97. The Bertz CT molecular complexity index is 556. The fourth-order valence-corrected chi connectivity index (χ4v) is 2.01. The Labute approximate surface area is 120 Å². The Morgan fingerprint density at radius 2 is 2.00 bits per heavy atom. The third kappa shape index (κ3) is 3.68. The van der Waals surface area contributed by atoms with Gasteiger partial charge in [-0.25, -0.2) is 0 Å². The number of hydrogen-bond donors (Lipinski definition) is 0. The van der Waals surface area contributed by atoms with Crippen LogP contribution >= 0.6 is 0 Å². The van der Waals surface area contributed by atoms with Crippen molar-refractivity contribution < 1.29 is 9.15 Å². The van der Waals surface area contributed by atoms with Crippen LogP contribution in [0.15, 0.2) is 47.1 Å². The summed E-state index contributed by atoms with van der Waals surface area (Å²) in [4.78, 5) is 0. The molecule has 2 nitrogen and oxygen atoms in total. The Kier molecular flexibility index (Phi) is 5.32. The zero-order chi connectivity index (χ0) is 14.2. The van der Waals surface area contributed by atoms with Crippen LogP contribution in [0, 0.1) is 11.8 Å². The minimum Gasteiger partial charge on any atom is -0.497 e. The third-order valence-electron chi connectivity index (χ3n) is 3.18. The van der Waals surface area contributed by atoms with Crippen LogP contribution in [-0.2, 0) is 0 Å². The van der Waals surface area contributed by atoms with Crippen LogP contribution in [-0.4, -0.2) is 7.11 Å². The number of furan rings is 1. The zero-order valence-corrected chi connectivity index (χ0v) is 12.1. The van der Waals surface area contributed by atoms with Crippen LogP contribution in [0.3, 0.4) is 0 Å². The van der Waals surface area contributed by atoms with Crippen LogP contribution < -0.4 is 4.74 Å². The third-order valence-corrected chi connectivity index (χ3v) is 3.18. The molecule has 1 aromatic heterocycles. The van der Waals surface area contributed by atoms with Gasteiger partial charge in [-0.15, -0.1) is 5.92 Å². The highest BCUT2D eigenvalue weighted by atomic mass is 16.5. The highest BCUT2D eigenvalue weighted by Crippen LogP contribution is 2.26. The molecule has 0 spiro atoms. The van der Waals surface area contributed by atoms with Gasteiger partial charge in [0.25, 0.3) is 0 Å². The molecule has 0 saturated carbocycles. The fraction of sp³-hybridized carbons (Fsp3) is 0.333. The van der Waals surface area contributed by atoms with Crippen LogP contribution in [0.4, 0.5) is 0 Å². The van der Waals surface area contributed by atoms with Crippen LogP contribution in [0.2, 0.25) is 0 Å². The summed E-state index contributed by atoms with van der Waals surface area (Å²) in [5, 5.41) is 0. The minimum atomic E-state index is -0.00670. The Balaban J connectivity index is 2.23. The molecule has 0 amide bonds. The van der Waals surface area contributed by atoms with Crippen molar-refractivity contribution >= 4 is 0 Å². The molecule has 2 aromatic rings. The summed E-state index contributed by atoms with van der Waals surface area (Å²) in [6.07, 6.45) is 4.94. The molecule has 2 rings (SSSR count). The average Bonchev–Trinajstić information content (AvgIpc) is 3.02. The number of benzene rings is 1. The van der Waals surface area contributed by atoms with Gasteiger partial charge in [0, 0.05) is 6.42 Å². The summed E-state index contributed by atoms with van der Waals surface area (Å²) in [7, 11) is 1.67. The predicted octanol–water partition coefficient (Wildman–Crippen LogP) is 4.61. The maximum atomic E-state index is 5.53. The van der Waals surface area contributed by atoms with Crippen molar-refractivity contribution in [2.24, 2.45) is 0 Å². The molecule has 1 heterocycles. The molecule has 0 aliphatic carbocycles. The Morgan fingerprint density at radius 3 is 2.60 bits per heavy atom. The second-order valence-corrected chi connectivity index (χ2v) is 4.65. The maximum Gasteiger partial charge on any atom is 0.123 e. The minimum absolute atomic E-state index is 0.00670. The van der Waals surface area contributed by atoms with Crippen molar-refractivity contribution in [2.75, 3.05) is 7.11 Å². The summed E-state index contributed by atoms with van der Waals surface area (Å²) >= 11 is 0. The fourth-order valence-electron chi connectivity index (χ4n) is 2.01. The van der Waals surface area contributed by atoms with Crippen molar-refractivity contribution in [2.45, 2.75) is 32.1 Å². The first-order chi connectivity index (χ1) is 9.85. The van der Waals surface area contributed by atoms with Crippen LogP contribution in [0.5, 0.6) is 5.75 Å². The molecule has 20 heavy (non-hydrogen) atoms. The quantitative estimate of drug-likeness (QED) is 0.583. The van der Waals surface area contributed by atoms with E-state index in [1.807, 2.05) is 36.4 Å². The molecule has 2 heteroatoms. The van der Waals surface area contributed by atoms with Gasteiger partial charge in [0.1, 0.15) is 17.4 Å². The molecule has 0 fully saturated rings. The maximum absolute atomic E-state index is 5.53. The number of hydrogen-bond acceptors (Lipinski definition) is 2. The lowest BCUT2D eigenvalue weighted by molar-refractivity contribution is 0.414. The van der Waals surface area contributed by atoms with Gasteiger partial charge >= 0.3 is 0 Å². The summed E-state index contributed by atoms with van der Waals surface area (Å²) in [5.74, 6) is 8.32. The van der Waals surface area contributed by atoms with E-state index in [4.69, 9.17) is 9.15 Å². The molecule has 0 radical (unpaired) electrons. The molecular weight excluding hydrogens is 248 g/mol. The van der Waals surface area contributed by atoms with Crippen molar-refractivity contribution in [1.82, 2.24) is 0 Å². The highest BCUT2D eigenvalue weighted by molar-refractivity contribution is 5.39. The first-order valence-electron chi connectivity index (χ1n) is 7.01. The monoisotopic (exact) mass is 268 g/mol. The number of unbranched alkanes of at least 4 members (excludes halogenated alkanes) is 2. The van der Waals surface area contributed by atoms with E-state index in [1.54, 1.807) is 13.4 Å².